The maximum absolute atomic E-state index is 12.3. The van der Waals surface area contributed by atoms with Crippen molar-refractivity contribution in [1.29, 1.82) is 0 Å². The number of carbonyl (C=O) groups excluding carboxylic acids is 1. The van der Waals surface area contributed by atoms with E-state index in [4.69, 9.17) is 11.6 Å². The van der Waals surface area contributed by atoms with Gasteiger partial charge in [-0.1, -0.05) is 27.5 Å². The lowest BCUT2D eigenvalue weighted by Gasteiger charge is -2.18. The van der Waals surface area contributed by atoms with Crippen LogP contribution >= 0.6 is 39.3 Å². The van der Waals surface area contributed by atoms with Crippen LogP contribution in [0.4, 0.5) is 11.4 Å². The summed E-state index contributed by atoms with van der Waals surface area (Å²) in [4.78, 5) is 24.7. The monoisotopic (exact) mass is 414 g/mol. The molecule has 0 N–H and O–H groups in total. The molecule has 0 heterocycles. The first-order valence-corrected chi connectivity index (χ1v) is 8.63. The first-order chi connectivity index (χ1) is 10.9. The fourth-order valence-electron chi connectivity index (χ4n) is 1.79. The quantitative estimate of drug-likeness (QED) is 0.401. The molecule has 0 saturated heterocycles. The first-order valence-electron chi connectivity index (χ1n) is 6.47. The molecule has 0 aromatic heterocycles. The number of nitro benzene ring substituents is 1. The van der Waals surface area contributed by atoms with Gasteiger partial charge >= 0.3 is 0 Å². The number of amides is 1. The highest BCUT2D eigenvalue weighted by Crippen LogP contribution is 2.29. The Kier molecular flexibility index (Phi) is 6.04. The Balaban J connectivity index is 1.99. The molecule has 2 aromatic rings. The van der Waals surface area contributed by atoms with E-state index >= 15 is 0 Å². The van der Waals surface area contributed by atoms with Crippen molar-refractivity contribution in [3.8, 4) is 0 Å². The summed E-state index contributed by atoms with van der Waals surface area (Å²) < 4.78 is 0.840. The Labute approximate surface area is 150 Å². The highest BCUT2D eigenvalue weighted by atomic mass is 79.9. The number of nitrogens with zero attached hydrogens (tertiary/aromatic N) is 2. The number of rotatable bonds is 5. The molecular formula is C15H12BrClN2O3S. The van der Waals surface area contributed by atoms with Crippen LogP contribution in [-0.4, -0.2) is 23.6 Å². The van der Waals surface area contributed by atoms with Gasteiger partial charge in [0.1, 0.15) is 0 Å². The van der Waals surface area contributed by atoms with Crippen molar-refractivity contribution >= 4 is 56.6 Å². The van der Waals surface area contributed by atoms with Crippen LogP contribution in [-0.2, 0) is 4.79 Å². The summed E-state index contributed by atoms with van der Waals surface area (Å²) in [6.07, 6.45) is 0. The average Bonchev–Trinajstić information content (AvgIpc) is 2.52. The Bertz CT molecular complexity index is 740. The van der Waals surface area contributed by atoms with Crippen LogP contribution in [0.3, 0.4) is 0 Å². The number of benzene rings is 2. The lowest BCUT2D eigenvalue weighted by atomic mass is 10.3. The number of anilines is 1. The lowest BCUT2D eigenvalue weighted by molar-refractivity contribution is -0.384. The molecule has 0 atom stereocenters. The van der Waals surface area contributed by atoms with E-state index in [2.05, 4.69) is 15.9 Å². The van der Waals surface area contributed by atoms with Gasteiger partial charge in [-0.2, -0.15) is 0 Å². The van der Waals surface area contributed by atoms with Crippen LogP contribution in [0.15, 0.2) is 51.8 Å². The van der Waals surface area contributed by atoms with Crippen molar-refractivity contribution in [1.82, 2.24) is 0 Å². The Morgan fingerprint density at radius 1 is 1.30 bits per heavy atom. The number of hydrogen-bond acceptors (Lipinski definition) is 4. The molecule has 0 aliphatic carbocycles. The molecule has 2 rings (SSSR count). The number of non-ortho nitro benzene ring substituents is 1. The smallest absolute Gasteiger partial charge is 0.269 e. The minimum Gasteiger partial charge on any atom is -0.313 e. The Hall–Kier alpha value is -1.57. The molecule has 0 unspecified atom stereocenters. The molecule has 1 amide bonds. The molecule has 23 heavy (non-hydrogen) atoms. The summed E-state index contributed by atoms with van der Waals surface area (Å²) in [5.74, 6) is 0.0957. The van der Waals surface area contributed by atoms with Gasteiger partial charge in [0.15, 0.2) is 0 Å². The van der Waals surface area contributed by atoms with E-state index in [0.29, 0.717) is 10.7 Å². The van der Waals surface area contributed by atoms with Gasteiger partial charge in [-0.3, -0.25) is 14.9 Å². The third-order valence-electron chi connectivity index (χ3n) is 3.06. The molecule has 0 aliphatic heterocycles. The largest absolute Gasteiger partial charge is 0.313 e. The standard InChI is InChI=1S/C15H12BrClN2O3S/c1-18(14-7-2-10(16)8-13(14)17)15(20)9-23-12-5-3-11(4-6-12)19(21)22/h2-8H,9H2,1H3. The van der Waals surface area contributed by atoms with E-state index in [1.807, 2.05) is 6.07 Å². The van der Waals surface area contributed by atoms with Gasteiger partial charge in [0.05, 0.1) is 21.4 Å². The second-order valence-corrected chi connectivity index (χ2v) is 6.96. The van der Waals surface area contributed by atoms with Gasteiger partial charge in [0, 0.05) is 28.5 Å². The summed E-state index contributed by atoms with van der Waals surface area (Å²) in [6, 6.07) is 11.4. The zero-order valence-electron chi connectivity index (χ0n) is 12.0. The third kappa shape index (κ3) is 4.70. The van der Waals surface area contributed by atoms with Crippen molar-refractivity contribution in [2.24, 2.45) is 0 Å². The SMILES string of the molecule is CN(C(=O)CSc1ccc([N+](=O)[O-])cc1)c1ccc(Br)cc1Cl. The molecule has 0 aliphatic rings. The van der Waals surface area contributed by atoms with Gasteiger partial charge in [0.2, 0.25) is 5.91 Å². The van der Waals surface area contributed by atoms with E-state index in [1.165, 1.54) is 28.8 Å². The first kappa shape index (κ1) is 17.8. The average molecular weight is 416 g/mol. The normalized spacial score (nSPS) is 10.4. The van der Waals surface area contributed by atoms with Gasteiger partial charge in [-0.25, -0.2) is 0 Å². The van der Waals surface area contributed by atoms with E-state index < -0.39 is 4.92 Å². The van der Waals surface area contributed by atoms with Crippen molar-refractivity contribution in [3.05, 3.63) is 62.1 Å². The lowest BCUT2D eigenvalue weighted by Crippen LogP contribution is -2.28. The van der Waals surface area contributed by atoms with Crippen molar-refractivity contribution in [2.75, 3.05) is 17.7 Å². The van der Waals surface area contributed by atoms with E-state index in [9.17, 15) is 14.9 Å². The molecule has 0 saturated carbocycles. The number of hydrogen-bond donors (Lipinski definition) is 0. The van der Waals surface area contributed by atoms with Gasteiger partial charge in [0.25, 0.3) is 5.69 Å². The maximum Gasteiger partial charge on any atom is 0.269 e. The Morgan fingerprint density at radius 3 is 2.52 bits per heavy atom. The molecule has 0 bridgehead atoms. The van der Waals surface area contributed by atoms with Gasteiger partial charge < -0.3 is 4.90 Å². The third-order valence-corrected chi connectivity index (χ3v) is 4.85. The second kappa shape index (κ2) is 7.81. The predicted molar refractivity (Wildman–Crippen MR) is 96.4 cm³/mol. The van der Waals surface area contributed by atoms with Crippen LogP contribution < -0.4 is 4.90 Å². The van der Waals surface area contributed by atoms with Gasteiger partial charge in [-0.15, -0.1) is 11.8 Å². The molecule has 8 heteroatoms. The molecule has 5 nitrogen and oxygen atoms in total. The summed E-state index contributed by atoms with van der Waals surface area (Å²) in [5, 5.41) is 11.1. The topological polar surface area (TPSA) is 63.5 Å². The molecule has 0 spiro atoms. The highest BCUT2D eigenvalue weighted by Gasteiger charge is 2.15. The predicted octanol–water partition coefficient (Wildman–Crippen LogP) is 4.77. The number of halogens is 2. The molecule has 0 radical (unpaired) electrons. The summed E-state index contributed by atoms with van der Waals surface area (Å²) in [6.45, 7) is 0. The summed E-state index contributed by atoms with van der Waals surface area (Å²) in [7, 11) is 1.66. The van der Waals surface area contributed by atoms with Crippen LogP contribution in [0, 0.1) is 10.1 Å². The van der Waals surface area contributed by atoms with E-state index in [-0.39, 0.29) is 17.3 Å². The highest BCUT2D eigenvalue weighted by molar-refractivity contribution is 9.10. The zero-order valence-corrected chi connectivity index (χ0v) is 15.2. The van der Waals surface area contributed by atoms with Crippen molar-refractivity contribution < 1.29 is 9.72 Å². The van der Waals surface area contributed by atoms with Crippen molar-refractivity contribution in [2.45, 2.75) is 4.90 Å². The molecule has 2 aromatic carbocycles. The number of carbonyl (C=O) groups is 1. The fraction of sp³-hybridized carbons (Fsp3) is 0.133. The molecule has 0 fully saturated rings. The van der Waals surface area contributed by atoms with E-state index in [0.717, 1.165) is 9.37 Å². The van der Waals surface area contributed by atoms with Crippen LogP contribution in [0.1, 0.15) is 0 Å². The minimum absolute atomic E-state index is 0.0273. The minimum atomic E-state index is -0.455. The number of thioether (sulfide) groups is 1. The molecule has 120 valence electrons. The van der Waals surface area contributed by atoms with Crippen LogP contribution in [0.5, 0.6) is 0 Å². The Morgan fingerprint density at radius 2 is 1.96 bits per heavy atom. The van der Waals surface area contributed by atoms with Crippen LogP contribution in [0.2, 0.25) is 5.02 Å². The fourth-order valence-corrected chi connectivity index (χ4v) is 3.41. The van der Waals surface area contributed by atoms with E-state index in [1.54, 1.807) is 31.3 Å². The molecular weight excluding hydrogens is 404 g/mol. The number of nitro groups is 1. The summed E-state index contributed by atoms with van der Waals surface area (Å²) in [5.41, 5.74) is 0.656. The maximum atomic E-state index is 12.3. The van der Waals surface area contributed by atoms with Gasteiger partial charge in [-0.05, 0) is 30.3 Å². The zero-order chi connectivity index (χ0) is 17.0. The summed E-state index contributed by atoms with van der Waals surface area (Å²) >= 11 is 10.8. The van der Waals surface area contributed by atoms with Crippen LogP contribution in [0.25, 0.3) is 0 Å². The second-order valence-electron chi connectivity index (χ2n) is 4.59. The van der Waals surface area contributed by atoms with Crippen molar-refractivity contribution in [3.63, 3.8) is 0 Å².